The second-order valence-electron chi connectivity index (χ2n) is 2.96. The molecule has 6 N–H and O–H groups in total. The van der Waals surface area contributed by atoms with Crippen LogP contribution in [0.4, 0.5) is 0 Å². The van der Waals surface area contributed by atoms with E-state index in [1.54, 1.807) is 0 Å². The topological polar surface area (TPSA) is 110 Å². The molecule has 0 aliphatic carbocycles. The number of carboxylic acid groups (broad SMARTS) is 1. The van der Waals surface area contributed by atoms with Crippen molar-refractivity contribution < 1.29 is 15.0 Å². The van der Waals surface area contributed by atoms with E-state index in [4.69, 9.17) is 16.6 Å². The first kappa shape index (κ1) is 10.5. The van der Waals surface area contributed by atoms with Gasteiger partial charge in [-0.3, -0.25) is 0 Å². The van der Waals surface area contributed by atoms with Gasteiger partial charge in [-0.15, -0.1) is 0 Å². The summed E-state index contributed by atoms with van der Waals surface area (Å²) in [5.41, 5.74) is 11.5. The lowest BCUT2D eigenvalue weighted by Gasteiger charge is -2.10. The molecule has 0 saturated heterocycles. The highest BCUT2D eigenvalue weighted by Gasteiger charge is 2.10. The number of phenolic OH excluding ortho intramolecular Hbond substituents is 1. The minimum Gasteiger partial charge on any atom is -0.508 e. The van der Waals surface area contributed by atoms with Gasteiger partial charge in [-0.1, -0.05) is 0 Å². The van der Waals surface area contributed by atoms with E-state index in [-0.39, 0.29) is 17.9 Å². The van der Waals surface area contributed by atoms with Crippen LogP contribution in [0.5, 0.6) is 5.75 Å². The Morgan fingerprint density at radius 3 is 2.57 bits per heavy atom. The molecule has 0 bridgehead atoms. The number of rotatable bonds is 3. The van der Waals surface area contributed by atoms with Crippen LogP contribution in [0, 0.1) is 0 Å². The smallest absolute Gasteiger partial charge is 0.335 e. The van der Waals surface area contributed by atoms with Gasteiger partial charge in [-0.05, 0) is 23.8 Å². The average molecular weight is 196 g/mol. The first-order chi connectivity index (χ1) is 6.54. The van der Waals surface area contributed by atoms with Crippen LogP contribution in [-0.2, 0) is 0 Å². The molecule has 1 aromatic carbocycles. The minimum absolute atomic E-state index is 0.00361. The minimum atomic E-state index is -1.11. The number of aromatic carboxylic acids is 1. The summed E-state index contributed by atoms with van der Waals surface area (Å²) in [6, 6.07) is 3.51. The Kier molecular flexibility index (Phi) is 3.06. The van der Waals surface area contributed by atoms with Crippen LogP contribution in [0.25, 0.3) is 0 Å². The normalized spacial score (nSPS) is 12.4. The van der Waals surface area contributed by atoms with E-state index in [0.29, 0.717) is 5.56 Å². The summed E-state index contributed by atoms with van der Waals surface area (Å²) in [5.74, 6) is -1.23. The van der Waals surface area contributed by atoms with Crippen LogP contribution in [0.2, 0.25) is 0 Å². The maximum Gasteiger partial charge on any atom is 0.335 e. The molecule has 0 amide bonds. The van der Waals surface area contributed by atoms with Crippen molar-refractivity contribution >= 4 is 5.97 Å². The van der Waals surface area contributed by atoms with E-state index >= 15 is 0 Å². The number of phenols is 1. The lowest BCUT2D eigenvalue weighted by Crippen LogP contribution is -2.21. The molecule has 5 nitrogen and oxygen atoms in total. The molecule has 0 saturated carbocycles. The first-order valence-corrected chi connectivity index (χ1v) is 4.07. The number of nitrogens with two attached hydrogens (primary N) is 2. The zero-order valence-electron chi connectivity index (χ0n) is 7.47. The molecule has 1 atom stereocenters. The van der Waals surface area contributed by atoms with Crippen LogP contribution < -0.4 is 11.5 Å². The van der Waals surface area contributed by atoms with E-state index in [2.05, 4.69) is 0 Å². The lowest BCUT2D eigenvalue weighted by atomic mass is 10.0. The van der Waals surface area contributed by atoms with Crippen molar-refractivity contribution in [3.8, 4) is 5.75 Å². The van der Waals surface area contributed by atoms with E-state index in [1.165, 1.54) is 12.1 Å². The second kappa shape index (κ2) is 4.08. The average Bonchev–Trinajstić information content (AvgIpc) is 2.15. The summed E-state index contributed by atoms with van der Waals surface area (Å²) < 4.78 is 0. The molecule has 0 aromatic heterocycles. The quantitative estimate of drug-likeness (QED) is 0.546. The van der Waals surface area contributed by atoms with Crippen molar-refractivity contribution in [3.05, 3.63) is 29.3 Å². The summed E-state index contributed by atoms with van der Waals surface area (Å²) in [7, 11) is 0. The van der Waals surface area contributed by atoms with Crippen molar-refractivity contribution in [1.82, 2.24) is 0 Å². The van der Waals surface area contributed by atoms with Crippen molar-refractivity contribution in [2.45, 2.75) is 6.04 Å². The van der Waals surface area contributed by atoms with Gasteiger partial charge < -0.3 is 21.7 Å². The number of carboxylic acids is 1. The summed E-state index contributed by atoms with van der Waals surface area (Å²) in [6.07, 6.45) is 0. The zero-order valence-corrected chi connectivity index (χ0v) is 7.47. The molecule has 76 valence electrons. The zero-order chi connectivity index (χ0) is 10.7. The standard InChI is InChI=1S/C9H12N2O3/c10-4-8(11)5-1-6(9(13)14)3-7(12)2-5/h1-3,8,12H,4,10-11H2,(H,13,14). The summed E-state index contributed by atoms with van der Waals surface area (Å²) in [5, 5.41) is 17.9. The van der Waals surface area contributed by atoms with Gasteiger partial charge in [-0.25, -0.2) is 4.79 Å². The first-order valence-electron chi connectivity index (χ1n) is 4.07. The highest BCUT2D eigenvalue weighted by Crippen LogP contribution is 2.19. The Morgan fingerprint density at radius 2 is 2.07 bits per heavy atom. The van der Waals surface area contributed by atoms with E-state index in [1.807, 2.05) is 0 Å². The largest absolute Gasteiger partial charge is 0.508 e. The molecule has 0 heterocycles. The van der Waals surface area contributed by atoms with E-state index in [9.17, 15) is 9.90 Å². The van der Waals surface area contributed by atoms with E-state index < -0.39 is 12.0 Å². The molecule has 5 heteroatoms. The SMILES string of the molecule is NCC(N)c1cc(O)cc(C(=O)O)c1. The Morgan fingerprint density at radius 1 is 1.43 bits per heavy atom. The molecule has 0 fully saturated rings. The third-order valence-electron chi connectivity index (χ3n) is 1.87. The Labute approximate surface area is 81.0 Å². The van der Waals surface area contributed by atoms with Crippen LogP contribution in [-0.4, -0.2) is 22.7 Å². The predicted molar refractivity (Wildman–Crippen MR) is 51.0 cm³/mol. The van der Waals surface area contributed by atoms with Gasteiger partial charge in [0.25, 0.3) is 0 Å². The van der Waals surface area contributed by atoms with Gasteiger partial charge >= 0.3 is 5.97 Å². The Bertz CT molecular complexity index is 352. The molecule has 0 aliphatic rings. The van der Waals surface area contributed by atoms with E-state index in [0.717, 1.165) is 6.07 Å². The number of hydrogen-bond acceptors (Lipinski definition) is 4. The number of carbonyl (C=O) groups is 1. The monoisotopic (exact) mass is 196 g/mol. The Hall–Kier alpha value is -1.59. The fourth-order valence-electron chi connectivity index (χ4n) is 1.11. The van der Waals surface area contributed by atoms with Gasteiger partial charge in [0.05, 0.1) is 5.56 Å². The van der Waals surface area contributed by atoms with Crippen LogP contribution in [0.15, 0.2) is 18.2 Å². The fourth-order valence-corrected chi connectivity index (χ4v) is 1.11. The molecular formula is C9H12N2O3. The van der Waals surface area contributed by atoms with Gasteiger partial charge in [-0.2, -0.15) is 0 Å². The van der Waals surface area contributed by atoms with Crippen molar-refractivity contribution in [2.75, 3.05) is 6.54 Å². The fraction of sp³-hybridized carbons (Fsp3) is 0.222. The number of aromatic hydroxyl groups is 1. The van der Waals surface area contributed by atoms with Gasteiger partial charge in [0.1, 0.15) is 5.75 Å². The number of hydrogen-bond donors (Lipinski definition) is 4. The predicted octanol–water partition coefficient (Wildman–Crippen LogP) is 0.0489. The van der Waals surface area contributed by atoms with Crippen LogP contribution in [0.3, 0.4) is 0 Å². The summed E-state index contributed by atoms with van der Waals surface area (Å²) >= 11 is 0. The summed E-state index contributed by atoms with van der Waals surface area (Å²) in [4.78, 5) is 10.6. The molecule has 1 unspecified atom stereocenters. The maximum atomic E-state index is 10.6. The van der Waals surface area contributed by atoms with Crippen molar-refractivity contribution in [2.24, 2.45) is 11.5 Å². The highest BCUT2D eigenvalue weighted by molar-refractivity contribution is 5.88. The third kappa shape index (κ3) is 2.21. The van der Waals surface area contributed by atoms with Gasteiger partial charge in [0, 0.05) is 12.6 Å². The maximum absolute atomic E-state index is 10.6. The molecule has 0 spiro atoms. The third-order valence-corrected chi connectivity index (χ3v) is 1.87. The van der Waals surface area contributed by atoms with Crippen LogP contribution in [0.1, 0.15) is 22.0 Å². The number of benzene rings is 1. The van der Waals surface area contributed by atoms with Gasteiger partial charge in [0.2, 0.25) is 0 Å². The van der Waals surface area contributed by atoms with Crippen molar-refractivity contribution in [3.63, 3.8) is 0 Å². The molecule has 1 rings (SSSR count). The highest BCUT2D eigenvalue weighted by atomic mass is 16.4. The molecule has 0 radical (unpaired) electrons. The molecule has 0 aliphatic heterocycles. The molecule has 14 heavy (non-hydrogen) atoms. The molecule has 1 aromatic rings. The Balaban J connectivity index is 3.13. The summed E-state index contributed by atoms with van der Waals surface area (Å²) in [6.45, 7) is 0.197. The molecular weight excluding hydrogens is 184 g/mol. The van der Waals surface area contributed by atoms with Crippen LogP contribution >= 0.6 is 0 Å². The van der Waals surface area contributed by atoms with Crippen molar-refractivity contribution in [1.29, 1.82) is 0 Å². The van der Waals surface area contributed by atoms with Gasteiger partial charge in [0.15, 0.2) is 0 Å². The lowest BCUT2D eigenvalue weighted by molar-refractivity contribution is 0.0696. The second-order valence-corrected chi connectivity index (χ2v) is 2.96.